The molecule has 116 valence electrons. The maximum atomic E-state index is 12.0. The van der Waals surface area contributed by atoms with Crippen molar-refractivity contribution >= 4 is 23.8 Å². The van der Waals surface area contributed by atoms with Crippen LogP contribution in [0, 0.1) is 5.92 Å². The van der Waals surface area contributed by atoms with Gasteiger partial charge in [-0.1, -0.05) is 26.2 Å². The maximum absolute atomic E-state index is 12.0. The van der Waals surface area contributed by atoms with Crippen LogP contribution in [0.5, 0.6) is 0 Å². The van der Waals surface area contributed by atoms with Crippen molar-refractivity contribution in [1.29, 1.82) is 0 Å². The number of carboxylic acid groups (broad SMARTS) is 1. The number of hydrogen-bond acceptors (Lipinski definition) is 3. The zero-order valence-electron chi connectivity index (χ0n) is 12.4. The van der Waals surface area contributed by atoms with Crippen LogP contribution in [0.25, 0.3) is 0 Å². The average molecular weight is 302 g/mol. The van der Waals surface area contributed by atoms with Gasteiger partial charge in [0.2, 0.25) is 0 Å². The van der Waals surface area contributed by atoms with Crippen molar-refractivity contribution in [2.75, 3.05) is 12.0 Å². The fraction of sp³-hybridized carbons (Fsp3) is 0.857. The molecule has 1 saturated carbocycles. The summed E-state index contributed by atoms with van der Waals surface area (Å²) in [5, 5.41) is 14.6. The molecule has 0 aliphatic heterocycles. The van der Waals surface area contributed by atoms with Crippen molar-refractivity contribution in [3.8, 4) is 0 Å². The second-order valence-corrected chi connectivity index (χ2v) is 6.33. The molecule has 0 bridgehead atoms. The minimum Gasteiger partial charge on any atom is -0.480 e. The zero-order chi connectivity index (χ0) is 15.0. The third kappa shape index (κ3) is 5.61. The standard InChI is InChI=1S/C14H26N2O3S/c1-3-10-6-4-5-7-11(10)15-14(19)16-12(13(17)18)8-9-20-2/h10-12H,3-9H2,1-2H3,(H,17,18)(H2,15,16,19)/t10?,11?,12-/m0/s1. The lowest BCUT2D eigenvalue weighted by Crippen LogP contribution is -2.51. The topological polar surface area (TPSA) is 78.4 Å². The molecule has 20 heavy (non-hydrogen) atoms. The summed E-state index contributed by atoms with van der Waals surface area (Å²) in [5.74, 6) is 0.270. The molecule has 0 saturated heterocycles. The van der Waals surface area contributed by atoms with Gasteiger partial charge in [-0.25, -0.2) is 9.59 Å². The molecule has 6 heteroatoms. The first-order chi connectivity index (χ1) is 9.58. The average Bonchev–Trinajstić information content (AvgIpc) is 2.43. The second kappa shape index (κ2) is 9.10. The van der Waals surface area contributed by atoms with E-state index in [1.807, 2.05) is 6.26 Å². The predicted molar refractivity (Wildman–Crippen MR) is 82.1 cm³/mol. The third-order valence-corrected chi connectivity index (χ3v) is 4.61. The van der Waals surface area contributed by atoms with Crippen LogP contribution in [0.1, 0.15) is 45.4 Å². The van der Waals surface area contributed by atoms with Gasteiger partial charge in [0.15, 0.2) is 0 Å². The molecule has 0 heterocycles. The summed E-state index contributed by atoms with van der Waals surface area (Å²) in [7, 11) is 0. The van der Waals surface area contributed by atoms with Crippen LogP contribution in [-0.2, 0) is 4.79 Å². The van der Waals surface area contributed by atoms with Crippen molar-refractivity contribution < 1.29 is 14.7 Å². The van der Waals surface area contributed by atoms with Gasteiger partial charge < -0.3 is 15.7 Å². The molecule has 2 amide bonds. The number of carboxylic acids is 1. The molecule has 0 radical (unpaired) electrons. The number of carbonyl (C=O) groups excluding carboxylic acids is 1. The highest BCUT2D eigenvalue weighted by molar-refractivity contribution is 7.98. The minimum atomic E-state index is -0.968. The molecule has 1 rings (SSSR count). The quantitative estimate of drug-likeness (QED) is 0.675. The Labute approximate surface area is 125 Å². The molecular weight excluding hydrogens is 276 g/mol. The number of rotatable bonds is 7. The van der Waals surface area contributed by atoms with Gasteiger partial charge in [0, 0.05) is 6.04 Å². The number of thioether (sulfide) groups is 1. The number of amides is 2. The lowest BCUT2D eigenvalue weighted by Gasteiger charge is -2.31. The molecule has 0 aromatic rings. The van der Waals surface area contributed by atoms with E-state index in [-0.39, 0.29) is 12.1 Å². The molecule has 2 unspecified atom stereocenters. The normalized spacial score (nSPS) is 23.9. The number of nitrogens with one attached hydrogen (secondary N) is 2. The van der Waals surface area contributed by atoms with E-state index >= 15 is 0 Å². The molecule has 1 fully saturated rings. The van der Waals surface area contributed by atoms with Crippen molar-refractivity contribution in [3.63, 3.8) is 0 Å². The van der Waals surface area contributed by atoms with Crippen molar-refractivity contribution in [2.45, 2.75) is 57.5 Å². The number of carbonyl (C=O) groups is 2. The molecule has 3 atom stereocenters. The Morgan fingerprint density at radius 2 is 2.05 bits per heavy atom. The van der Waals surface area contributed by atoms with E-state index in [4.69, 9.17) is 5.11 Å². The SMILES string of the molecule is CCC1CCCCC1NC(=O)N[C@@H](CCSC)C(=O)O. The molecule has 0 aromatic heterocycles. The van der Waals surface area contributed by atoms with E-state index in [1.54, 1.807) is 11.8 Å². The van der Waals surface area contributed by atoms with Crippen molar-refractivity contribution in [3.05, 3.63) is 0 Å². The Hall–Kier alpha value is -0.910. The van der Waals surface area contributed by atoms with E-state index in [0.717, 1.165) is 31.4 Å². The Balaban J connectivity index is 2.45. The van der Waals surface area contributed by atoms with Gasteiger partial charge in [-0.05, 0) is 37.2 Å². The summed E-state index contributed by atoms with van der Waals surface area (Å²) in [4.78, 5) is 23.1. The first-order valence-electron chi connectivity index (χ1n) is 7.37. The molecule has 1 aliphatic carbocycles. The van der Waals surface area contributed by atoms with Crippen molar-refractivity contribution in [1.82, 2.24) is 10.6 Å². The molecule has 3 N–H and O–H groups in total. The van der Waals surface area contributed by atoms with Gasteiger partial charge in [-0.3, -0.25) is 0 Å². The maximum Gasteiger partial charge on any atom is 0.326 e. The molecule has 0 spiro atoms. The van der Waals surface area contributed by atoms with E-state index in [1.165, 1.54) is 6.42 Å². The lowest BCUT2D eigenvalue weighted by atomic mass is 9.83. The van der Waals surface area contributed by atoms with E-state index in [9.17, 15) is 9.59 Å². The van der Waals surface area contributed by atoms with Crippen LogP contribution in [0.3, 0.4) is 0 Å². The lowest BCUT2D eigenvalue weighted by molar-refractivity contribution is -0.139. The summed E-state index contributed by atoms with van der Waals surface area (Å²) in [6, 6.07) is -0.960. The molecule has 0 aromatic carbocycles. The van der Waals surface area contributed by atoms with Gasteiger partial charge in [-0.15, -0.1) is 0 Å². The van der Waals surface area contributed by atoms with Gasteiger partial charge >= 0.3 is 12.0 Å². The van der Waals surface area contributed by atoms with Crippen LogP contribution < -0.4 is 10.6 Å². The Bertz CT molecular complexity index is 326. The Morgan fingerprint density at radius 3 is 2.65 bits per heavy atom. The minimum absolute atomic E-state index is 0.184. The fourth-order valence-electron chi connectivity index (χ4n) is 2.75. The van der Waals surface area contributed by atoms with Gasteiger partial charge in [0.1, 0.15) is 6.04 Å². The summed E-state index contributed by atoms with van der Waals surface area (Å²) in [6.45, 7) is 2.14. The van der Waals surface area contributed by atoms with E-state index in [2.05, 4.69) is 17.6 Å². The predicted octanol–water partition coefficient (Wildman–Crippen LogP) is 2.46. The van der Waals surface area contributed by atoms with Crippen LogP contribution in [-0.4, -0.2) is 41.2 Å². The highest BCUT2D eigenvalue weighted by atomic mass is 32.2. The first kappa shape index (κ1) is 17.1. The van der Waals surface area contributed by atoms with E-state index in [0.29, 0.717) is 12.3 Å². The van der Waals surface area contributed by atoms with E-state index < -0.39 is 12.0 Å². The third-order valence-electron chi connectivity index (χ3n) is 3.96. The first-order valence-corrected chi connectivity index (χ1v) is 8.76. The second-order valence-electron chi connectivity index (χ2n) is 5.35. The monoisotopic (exact) mass is 302 g/mol. The smallest absolute Gasteiger partial charge is 0.326 e. The highest BCUT2D eigenvalue weighted by Crippen LogP contribution is 2.26. The zero-order valence-corrected chi connectivity index (χ0v) is 13.2. The van der Waals surface area contributed by atoms with Crippen LogP contribution >= 0.6 is 11.8 Å². The largest absolute Gasteiger partial charge is 0.480 e. The Morgan fingerprint density at radius 1 is 1.35 bits per heavy atom. The fourth-order valence-corrected chi connectivity index (χ4v) is 3.22. The van der Waals surface area contributed by atoms with Crippen LogP contribution in [0.2, 0.25) is 0 Å². The number of urea groups is 1. The van der Waals surface area contributed by atoms with Crippen LogP contribution in [0.4, 0.5) is 4.79 Å². The molecule has 1 aliphatic rings. The summed E-state index contributed by atoms with van der Waals surface area (Å²) in [6.07, 6.45) is 7.93. The number of hydrogen-bond donors (Lipinski definition) is 3. The number of aliphatic carboxylic acids is 1. The summed E-state index contributed by atoms with van der Waals surface area (Å²) >= 11 is 1.58. The van der Waals surface area contributed by atoms with Gasteiger partial charge in [-0.2, -0.15) is 11.8 Å². The van der Waals surface area contributed by atoms with Crippen molar-refractivity contribution in [2.24, 2.45) is 5.92 Å². The summed E-state index contributed by atoms with van der Waals surface area (Å²) in [5.41, 5.74) is 0. The van der Waals surface area contributed by atoms with Gasteiger partial charge in [0.05, 0.1) is 0 Å². The summed E-state index contributed by atoms with van der Waals surface area (Å²) < 4.78 is 0. The molecular formula is C14H26N2O3S. The Kier molecular flexibility index (Phi) is 7.80. The van der Waals surface area contributed by atoms with Gasteiger partial charge in [0.25, 0.3) is 0 Å². The highest BCUT2D eigenvalue weighted by Gasteiger charge is 2.26. The molecule has 5 nitrogen and oxygen atoms in total. The van der Waals surface area contributed by atoms with Crippen LogP contribution in [0.15, 0.2) is 0 Å².